The lowest BCUT2D eigenvalue weighted by Gasteiger charge is -2.34. The normalized spacial score (nSPS) is 19.3. The highest BCUT2D eigenvalue weighted by Gasteiger charge is 2.31. The lowest BCUT2D eigenvalue weighted by atomic mass is 10.0. The highest BCUT2D eigenvalue weighted by molar-refractivity contribution is 9.10. The number of amides is 1. The van der Waals surface area contributed by atoms with E-state index in [1.807, 2.05) is 4.90 Å². The summed E-state index contributed by atoms with van der Waals surface area (Å²) in [5, 5.41) is 10.9. The van der Waals surface area contributed by atoms with Crippen molar-refractivity contribution in [3.05, 3.63) is 28.5 Å². The zero-order chi connectivity index (χ0) is 14.1. The summed E-state index contributed by atoms with van der Waals surface area (Å²) in [6, 6.07) is 1.71. The summed E-state index contributed by atoms with van der Waals surface area (Å²) < 4.78 is 2.26. The lowest BCUT2D eigenvalue weighted by molar-refractivity contribution is 0.0589. The minimum absolute atomic E-state index is 0.0215. The van der Waals surface area contributed by atoms with Gasteiger partial charge in [0.15, 0.2) is 0 Å². The third kappa shape index (κ3) is 2.35. The molecular formula is C12H15BrN6O. The van der Waals surface area contributed by atoms with Crippen LogP contribution in [0.25, 0.3) is 0 Å². The van der Waals surface area contributed by atoms with Crippen LogP contribution in [0.4, 0.5) is 0 Å². The monoisotopic (exact) mass is 338 g/mol. The number of piperidine rings is 1. The van der Waals surface area contributed by atoms with E-state index in [1.54, 1.807) is 17.8 Å². The van der Waals surface area contributed by atoms with Crippen molar-refractivity contribution < 1.29 is 4.79 Å². The first kappa shape index (κ1) is 13.3. The standard InChI is InChI=1S/C12H15BrN6O/c1-18-9(6-10(13)17-18)12(20)19-5-3-2-4-8(19)11-14-7-15-16-11/h6-8H,2-5H2,1H3,(H,14,15,16)/t8-/m1/s1. The van der Waals surface area contributed by atoms with E-state index < -0.39 is 0 Å². The van der Waals surface area contributed by atoms with Gasteiger partial charge in [0, 0.05) is 19.7 Å². The first-order valence-corrected chi connectivity index (χ1v) is 7.32. The molecular weight excluding hydrogens is 324 g/mol. The first-order chi connectivity index (χ1) is 9.66. The summed E-state index contributed by atoms with van der Waals surface area (Å²) in [5.74, 6) is 0.728. The molecule has 1 saturated heterocycles. The van der Waals surface area contributed by atoms with E-state index in [0.29, 0.717) is 10.3 Å². The number of rotatable bonds is 2. The summed E-state index contributed by atoms with van der Waals surface area (Å²) in [7, 11) is 1.77. The van der Waals surface area contributed by atoms with Gasteiger partial charge in [-0.25, -0.2) is 4.98 Å². The molecule has 0 bridgehead atoms. The highest BCUT2D eigenvalue weighted by Crippen LogP contribution is 2.30. The highest BCUT2D eigenvalue weighted by atomic mass is 79.9. The number of H-pyrrole nitrogens is 1. The second-order valence-electron chi connectivity index (χ2n) is 4.86. The predicted molar refractivity (Wildman–Crippen MR) is 74.9 cm³/mol. The summed E-state index contributed by atoms with van der Waals surface area (Å²) >= 11 is 3.30. The van der Waals surface area contributed by atoms with Crippen molar-refractivity contribution in [2.45, 2.75) is 25.3 Å². The van der Waals surface area contributed by atoms with Gasteiger partial charge in [-0.1, -0.05) is 0 Å². The van der Waals surface area contributed by atoms with Crippen LogP contribution in [0.5, 0.6) is 0 Å². The Morgan fingerprint density at radius 3 is 3.00 bits per heavy atom. The number of likely N-dealkylation sites (tertiary alicyclic amines) is 1. The number of aromatic amines is 1. The molecule has 1 aliphatic heterocycles. The lowest BCUT2D eigenvalue weighted by Crippen LogP contribution is -2.39. The Labute approximate surface area is 124 Å². The zero-order valence-electron chi connectivity index (χ0n) is 11.1. The molecule has 1 amide bonds. The molecule has 0 saturated carbocycles. The number of halogens is 1. The van der Waals surface area contributed by atoms with Crippen LogP contribution in [0.3, 0.4) is 0 Å². The van der Waals surface area contributed by atoms with Crippen LogP contribution >= 0.6 is 15.9 Å². The van der Waals surface area contributed by atoms with Crippen molar-refractivity contribution in [2.75, 3.05) is 6.54 Å². The molecule has 7 nitrogen and oxygen atoms in total. The van der Waals surface area contributed by atoms with E-state index in [1.165, 1.54) is 6.33 Å². The Balaban J connectivity index is 1.90. The number of nitrogens with one attached hydrogen (secondary N) is 1. The molecule has 0 aliphatic carbocycles. The van der Waals surface area contributed by atoms with Crippen LogP contribution in [0.2, 0.25) is 0 Å². The van der Waals surface area contributed by atoms with Gasteiger partial charge in [-0.3, -0.25) is 14.6 Å². The number of hydrogen-bond donors (Lipinski definition) is 1. The smallest absolute Gasteiger partial charge is 0.272 e. The number of nitrogens with zero attached hydrogens (tertiary/aromatic N) is 5. The Bertz CT molecular complexity index is 608. The molecule has 20 heavy (non-hydrogen) atoms. The van der Waals surface area contributed by atoms with E-state index in [4.69, 9.17) is 0 Å². The molecule has 1 aliphatic rings. The van der Waals surface area contributed by atoms with E-state index in [2.05, 4.69) is 36.2 Å². The van der Waals surface area contributed by atoms with Crippen LogP contribution in [0, 0.1) is 0 Å². The van der Waals surface area contributed by atoms with Crippen molar-refractivity contribution in [1.82, 2.24) is 29.9 Å². The molecule has 2 aromatic rings. The first-order valence-electron chi connectivity index (χ1n) is 6.52. The van der Waals surface area contributed by atoms with Crippen molar-refractivity contribution in [1.29, 1.82) is 0 Å². The van der Waals surface area contributed by atoms with Crippen molar-refractivity contribution in [3.8, 4) is 0 Å². The third-order valence-corrected chi connectivity index (χ3v) is 3.97. The number of aromatic nitrogens is 5. The fourth-order valence-corrected chi connectivity index (χ4v) is 3.07. The van der Waals surface area contributed by atoms with Crippen LogP contribution < -0.4 is 0 Å². The quantitative estimate of drug-likeness (QED) is 0.903. The van der Waals surface area contributed by atoms with Gasteiger partial charge < -0.3 is 4.90 Å². The van der Waals surface area contributed by atoms with Gasteiger partial charge in [0.1, 0.15) is 22.4 Å². The Morgan fingerprint density at radius 1 is 1.50 bits per heavy atom. The van der Waals surface area contributed by atoms with Gasteiger partial charge >= 0.3 is 0 Å². The number of carbonyl (C=O) groups is 1. The SMILES string of the molecule is Cn1nc(Br)cc1C(=O)N1CCCC[C@@H]1c1ncn[nH]1. The minimum atomic E-state index is -0.0348. The Morgan fingerprint density at radius 2 is 2.35 bits per heavy atom. The molecule has 1 atom stereocenters. The second kappa shape index (κ2) is 5.35. The maximum atomic E-state index is 12.7. The summed E-state index contributed by atoms with van der Waals surface area (Å²) in [4.78, 5) is 18.8. The maximum Gasteiger partial charge on any atom is 0.272 e. The number of aryl methyl sites for hydroxylation is 1. The van der Waals surface area contributed by atoms with E-state index in [9.17, 15) is 4.79 Å². The molecule has 0 radical (unpaired) electrons. The summed E-state index contributed by atoms with van der Waals surface area (Å²) in [6.07, 6.45) is 4.48. The molecule has 0 unspecified atom stereocenters. The molecule has 8 heteroatoms. The largest absolute Gasteiger partial charge is 0.327 e. The summed E-state index contributed by atoms with van der Waals surface area (Å²) in [5.41, 5.74) is 0.572. The number of hydrogen-bond acceptors (Lipinski definition) is 4. The van der Waals surface area contributed by atoms with Gasteiger partial charge in [0.25, 0.3) is 5.91 Å². The predicted octanol–water partition coefficient (Wildman–Crippen LogP) is 1.67. The van der Waals surface area contributed by atoms with E-state index >= 15 is 0 Å². The van der Waals surface area contributed by atoms with Crippen LogP contribution in [0.15, 0.2) is 17.0 Å². The van der Waals surface area contributed by atoms with Gasteiger partial charge in [0.2, 0.25) is 0 Å². The zero-order valence-corrected chi connectivity index (χ0v) is 12.7. The van der Waals surface area contributed by atoms with E-state index in [-0.39, 0.29) is 11.9 Å². The second-order valence-corrected chi connectivity index (χ2v) is 5.67. The fourth-order valence-electron chi connectivity index (χ4n) is 2.61. The molecule has 1 N–H and O–H groups in total. The van der Waals surface area contributed by atoms with Gasteiger partial charge in [-0.15, -0.1) is 0 Å². The molecule has 106 valence electrons. The molecule has 2 aromatic heterocycles. The molecule has 1 fully saturated rings. The third-order valence-electron chi connectivity index (χ3n) is 3.58. The topological polar surface area (TPSA) is 79.7 Å². The minimum Gasteiger partial charge on any atom is -0.327 e. The van der Waals surface area contributed by atoms with Crippen molar-refractivity contribution in [2.24, 2.45) is 7.05 Å². The summed E-state index contributed by atoms with van der Waals surface area (Å²) in [6.45, 7) is 0.729. The molecule has 3 heterocycles. The van der Waals surface area contributed by atoms with Crippen molar-refractivity contribution >= 4 is 21.8 Å². The molecule has 0 aromatic carbocycles. The Kier molecular flexibility index (Phi) is 3.56. The molecule has 3 rings (SSSR count). The van der Waals surface area contributed by atoms with Gasteiger partial charge in [-0.2, -0.15) is 10.2 Å². The number of carbonyl (C=O) groups excluding carboxylic acids is 1. The average Bonchev–Trinajstić information content (AvgIpc) is 3.07. The average molecular weight is 339 g/mol. The van der Waals surface area contributed by atoms with Crippen LogP contribution in [0.1, 0.15) is 41.6 Å². The van der Waals surface area contributed by atoms with Crippen LogP contribution in [-0.2, 0) is 7.05 Å². The van der Waals surface area contributed by atoms with E-state index in [0.717, 1.165) is 31.6 Å². The van der Waals surface area contributed by atoms with Crippen LogP contribution in [-0.4, -0.2) is 42.3 Å². The maximum absolute atomic E-state index is 12.7. The van der Waals surface area contributed by atoms with Gasteiger partial charge in [0.05, 0.1) is 6.04 Å². The molecule has 0 spiro atoms. The van der Waals surface area contributed by atoms with Gasteiger partial charge in [-0.05, 0) is 35.2 Å². The van der Waals surface area contributed by atoms with Crippen molar-refractivity contribution in [3.63, 3.8) is 0 Å². The Hall–Kier alpha value is -1.70. The fraction of sp³-hybridized carbons (Fsp3) is 0.500.